The predicted octanol–water partition coefficient (Wildman–Crippen LogP) is 1.93. The van der Waals surface area contributed by atoms with Crippen LogP contribution in [0, 0.1) is 5.41 Å². The quantitative estimate of drug-likeness (QED) is 0.464. The van der Waals surface area contributed by atoms with Crippen molar-refractivity contribution in [1.29, 1.82) is 0 Å². The van der Waals surface area contributed by atoms with Gasteiger partial charge in [0.05, 0.1) is 0 Å². The Balaban J connectivity index is 4.26. The topological polar surface area (TPSA) is 0 Å². The van der Waals surface area contributed by atoms with Gasteiger partial charge < -0.3 is 0 Å². The Morgan fingerprint density at radius 2 is 1.75 bits per heavy atom. The molecule has 0 aromatic heterocycles. The molecule has 0 rings (SSSR count). The van der Waals surface area contributed by atoms with E-state index in [0.717, 1.165) is 0 Å². The van der Waals surface area contributed by atoms with Gasteiger partial charge in [-0.3, -0.25) is 0 Å². The van der Waals surface area contributed by atoms with Crippen LogP contribution in [-0.2, 0) is 15.6 Å². The molecule has 0 spiro atoms. The molecule has 0 heterocycles. The third-order valence-corrected chi connectivity index (χ3v) is 1.71. The first-order chi connectivity index (χ1) is 3.48. The number of hydrogen-bond acceptors (Lipinski definition) is 0. The average molecular weight is 151 g/mol. The van der Waals surface area contributed by atoms with E-state index in [0.29, 0.717) is 0 Å². The Kier molecular flexibility index (Phi) is 2.69. The SMILES string of the molecule is CC(=[C]=[Mn])C(C)(C)C. The van der Waals surface area contributed by atoms with E-state index in [1.165, 1.54) is 5.57 Å². The molecule has 0 bridgehead atoms. The molecule has 47 valence electrons. The first-order valence-electron chi connectivity index (χ1n) is 2.69. The fourth-order valence-electron chi connectivity index (χ4n) is 0.142. The molecule has 0 nitrogen and oxygen atoms in total. The molecule has 0 aromatic carbocycles. The molecular weight excluding hydrogens is 139 g/mol. The summed E-state index contributed by atoms with van der Waals surface area (Å²) in [5, 5.41) is 0. The second-order valence-corrected chi connectivity index (χ2v) is 3.26. The molecular formula is C7H12Mn. The number of allylic oxidation sites excluding steroid dienone is 1. The molecule has 0 N–H and O–H groups in total. The van der Waals surface area contributed by atoms with E-state index in [4.69, 9.17) is 0 Å². The molecule has 0 fully saturated rings. The van der Waals surface area contributed by atoms with Crippen molar-refractivity contribution in [2.75, 3.05) is 0 Å². The Labute approximate surface area is 59.3 Å². The summed E-state index contributed by atoms with van der Waals surface area (Å²) in [5.41, 5.74) is 1.52. The second kappa shape index (κ2) is 2.64. The summed E-state index contributed by atoms with van der Waals surface area (Å²) in [4.78, 5) is 0. The summed E-state index contributed by atoms with van der Waals surface area (Å²) in [5.74, 6) is 0. The van der Waals surface area contributed by atoms with Crippen LogP contribution < -0.4 is 0 Å². The monoisotopic (exact) mass is 151 g/mol. The van der Waals surface area contributed by atoms with E-state index in [9.17, 15) is 0 Å². The van der Waals surface area contributed by atoms with Gasteiger partial charge in [0.15, 0.2) is 0 Å². The summed E-state index contributed by atoms with van der Waals surface area (Å²) >= 11 is 3.16. The van der Waals surface area contributed by atoms with Gasteiger partial charge in [0.25, 0.3) is 0 Å². The zero-order valence-corrected chi connectivity index (χ0v) is 7.06. The van der Waals surface area contributed by atoms with Crippen LogP contribution in [0.2, 0.25) is 0 Å². The summed E-state index contributed by atoms with van der Waals surface area (Å²) in [6.45, 7) is 8.55. The van der Waals surface area contributed by atoms with E-state index in [1.807, 2.05) is 0 Å². The predicted molar refractivity (Wildman–Crippen MR) is 33.6 cm³/mol. The molecule has 0 unspecified atom stereocenters. The Morgan fingerprint density at radius 1 is 1.38 bits per heavy atom. The van der Waals surface area contributed by atoms with Gasteiger partial charge in [-0.25, -0.2) is 0 Å². The molecule has 0 radical (unpaired) electrons. The van der Waals surface area contributed by atoms with Crippen molar-refractivity contribution in [2.45, 2.75) is 27.7 Å². The fourth-order valence-corrected chi connectivity index (χ4v) is 0.584. The van der Waals surface area contributed by atoms with Gasteiger partial charge >= 0.3 is 58.8 Å². The minimum absolute atomic E-state index is 0.267. The van der Waals surface area contributed by atoms with Crippen LogP contribution in [0.5, 0.6) is 0 Å². The van der Waals surface area contributed by atoms with Crippen molar-refractivity contribution in [2.24, 2.45) is 5.41 Å². The van der Waals surface area contributed by atoms with Gasteiger partial charge in [-0.05, 0) is 0 Å². The van der Waals surface area contributed by atoms with Gasteiger partial charge in [0.2, 0.25) is 0 Å². The standard InChI is InChI=1S/C7H12.Mn/c1-6(2)7(3,4)5;/h1,3-5H3;. The summed E-state index contributed by atoms with van der Waals surface area (Å²) in [7, 11) is 0. The van der Waals surface area contributed by atoms with Crippen LogP contribution in [0.25, 0.3) is 0 Å². The molecule has 8 heavy (non-hydrogen) atoms. The van der Waals surface area contributed by atoms with Crippen molar-refractivity contribution in [3.8, 4) is 0 Å². The van der Waals surface area contributed by atoms with Crippen LogP contribution in [0.1, 0.15) is 27.7 Å². The maximum atomic E-state index is 3.16. The van der Waals surface area contributed by atoms with Gasteiger partial charge in [0.1, 0.15) is 0 Å². The van der Waals surface area contributed by atoms with Gasteiger partial charge in [-0.1, -0.05) is 0 Å². The van der Waals surface area contributed by atoms with E-state index in [-0.39, 0.29) is 5.41 Å². The van der Waals surface area contributed by atoms with Crippen molar-refractivity contribution in [3.05, 3.63) is 5.57 Å². The Hall–Kier alpha value is 0.169. The summed E-state index contributed by atoms with van der Waals surface area (Å²) in [6.07, 6.45) is 0. The third-order valence-electron chi connectivity index (χ3n) is 1.27. The van der Waals surface area contributed by atoms with Crippen molar-refractivity contribution in [3.63, 3.8) is 0 Å². The number of rotatable bonds is 0. The van der Waals surface area contributed by atoms with Crippen LogP contribution in [0.4, 0.5) is 0 Å². The zero-order valence-electron chi connectivity index (χ0n) is 5.88. The van der Waals surface area contributed by atoms with Crippen molar-refractivity contribution < 1.29 is 15.6 Å². The molecule has 0 aliphatic rings. The molecule has 0 saturated heterocycles. The molecule has 1 heteroatoms. The Morgan fingerprint density at radius 3 is 1.75 bits per heavy atom. The first kappa shape index (κ1) is 8.17. The fraction of sp³-hybridized carbons (Fsp3) is 0.714. The molecule has 0 amide bonds. The molecule has 0 aromatic rings. The molecule has 0 aliphatic heterocycles. The van der Waals surface area contributed by atoms with E-state index in [1.54, 1.807) is 0 Å². The van der Waals surface area contributed by atoms with Crippen LogP contribution in [0.3, 0.4) is 0 Å². The van der Waals surface area contributed by atoms with Crippen LogP contribution >= 0.6 is 0 Å². The molecule has 0 atom stereocenters. The molecule has 0 aliphatic carbocycles. The van der Waals surface area contributed by atoms with Crippen molar-refractivity contribution in [1.82, 2.24) is 0 Å². The van der Waals surface area contributed by atoms with Crippen molar-refractivity contribution >= 4 is 4.58 Å². The average Bonchev–Trinajstić information content (AvgIpc) is 1.62. The maximum absolute atomic E-state index is 3.16. The molecule has 0 saturated carbocycles. The second-order valence-electron chi connectivity index (χ2n) is 2.97. The van der Waals surface area contributed by atoms with E-state index < -0.39 is 0 Å². The van der Waals surface area contributed by atoms with Crippen LogP contribution in [0.15, 0.2) is 5.57 Å². The first-order valence-corrected chi connectivity index (χ1v) is 3.28. The zero-order chi connectivity index (χ0) is 6.78. The Bertz CT molecular complexity index is 122. The van der Waals surface area contributed by atoms with Gasteiger partial charge in [0, 0.05) is 0 Å². The van der Waals surface area contributed by atoms with Gasteiger partial charge in [-0.2, -0.15) is 0 Å². The van der Waals surface area contributed by atoms with Crippen LogP contribution in [-0.4, -0.2) is 4.58 Å². The van der Waals surface area contributed by atoms with E-state index >= 15 is 0 Å². The summed E-state index contributed by atoms with van der Waals surface area (Å²) in [6, 6.07) is 0. The summed E-state index contributed by atoms with van der Waals surface area (Å²) < 4.78 is 2.93. The normalized spacial score (nSPS) is 10.5. The third kappa shape index (κ3) is 2.47. The van der Waals surface area contributed by atoms with E-state index in [2.05, 4.69) is 47.8 Å². The minimum atomic E-state index is 0.267. The van der Waals surface area contributed by atoms with Gasteiger partial charge in [-0.15, -0.1) is 0 Å². The number of hydrogen-bond donors (Lipinski definition) is 0.